The minimum Gasteiger partial charge on any atom is -0.480 e. The van der Waals surface area contributed by atoms with Gasteiger partial charge in [-0.2, -0.15) is 0 Å². The SMILES string of the molecule is C1=Cc2cc3ccc(cc4ccc(cc5nc(cc1n2)C=C5)[nH]4)[nH]3.NCCCC(N)C(=O)O. The topological polar surface area (TPSA) is 147 Å². The van der Waals surface area contributed by atoms with Crippen molar-refractivity contribution in [1.82, 2.24) is 19.9 Å². The van der Waals surface area contributed by atoms with Crippen LogP contribution < -0.4 is 11.5 Å². The van der Waals surface area contributed by atoms with Gasteiger partial charge in [0.15, 0.2) is 0 Å². The van der Waals surface area contributed by atoms with Gasteiger partial charge in [-0.25, -0.2) is 9.97 Å². The van der Waals surface area contributed by atoms with Gasteiger partial charge in [0.1, 0.15) is 6.04 Å². The first-order chi connectivity index (χ1) is 16.0. The third kappa shape index (κ3) is 6.03. The van der Waals surface area contributed by atoms with E-state index in [4.69, 9.17) is 16.6 Å². The number of aromatic nitrogens is 4. The number of aliphatic carboxylic acids is 1. The number of hydrogen-bond acceptors (Lipinski definition) is 5. The summed E-state index contributed by atoms with van der Waals surface area (Å²) in [5, 5.41) is 8.24. The fourth-order valence-corrected chi connectivity index (χ4v) is 3.41. The van der Waals surface area contributed by atoms with E-state index in [1.807, 2.05) is 42.5 Å². The van der Waals surface area contributed by atoms with Gasteiger partial charge < -0.3 is 26.5 Å². The molecule has 0 fully saturated rings. The minimum atomic E-state index is -0.955. The lowest BCUT2D eigenvalue weighted by atomic mass is 10.2. The number of hydrogen-bond donors (Lipinski definition) is 5. The highest BCUT2D eigenvalue weighted by molar-refractivity contribution is 5.77. The Balaban J connectivity index is 0.000000248. The highest BCUT2D eigenvalue weighted by Crippen LogP contribution is 2.17. The lowest BCUT2D eigenvalue weighted by Gasteiger charge is -2.02. The summed E-state index contributed by atoms with van der Waals surface area (Å²) in [6, 6.07) is 15.7. The van der Waals surface area contributed by atoms with Crippen LogP contribution in [0.2, 0.25) is 0 Å². The molecular formula is C25H26N6O2. The summed E-state index contributed by atoms with van der Waals surface area (Å²) in [5.41, 5.74) is 18.1. The monoisotopic (exact) mass is 442 g/mol. The summed E-state index contributed by atoms with van der Waals surface area (Å²) < 4.78 is 0. The Morgan fingerprint density at radius 2 is 1.21 bits per heavy atom. The molecule has 0 spiro atoms. The van der Waals surface area contributed by atoms with Gasteiger partial charge in [-0.1, -0.05) is 0 Å². The minimum absolute atomic E-state index is 0.464. The van der Waals surface area contributed by atoms with Crippen molar-refractivity contribution in [3.8, 4) is 0 Å². The van der Waals surface area contributed by atoms with Crippen molar-refractivity contribution in [2.75, 3.05) is 6.54 Å². The van der Waals surface area contributed by atoms with E-state index in [1.165, 1.54) is 0 Å². The van der Waals surface area contributed by atoms with Crippen LogP contribution in [0.1, 0.15) is 35.6 Å². The molecule has 0 saturated heterocycles. The molecule has 0 aromatic carbocycles. The lowest BCUT2D eigenvalue weighted by molar-refractivity contribution is -0.138. The molecule has 1 atom stereocenters. The van der Waals surface area contributed by atoms with E-state index in [2.05, 4.69) is 50.3 Å². The number of carboxylic acid groups (broad SMARTS) is 1. The van der Waals surface area contributed by atoms with Crippen LogP contribution >= 0.6 is 0 Å². The maximum Gasteiger partial charge on any atom is 0.320 e. The predicted octanol–water partition coefficient (Wildman–Crippen LogP) is 3.79. The van der Waals surface area contributed by atoms with Gasteiger partial charge in [-0.3, -0.25) is 4.79 Å². The largest absolute Gasteiger partial charge is 0.480 e. The fourth-order valence-electron chi connectivity index (χ4n) is 3.41. The molecule has 8 nitrogen and oxygen atoms in total. The van der Waals surface area contributed by atoms with Gasteiger partial charge in [0, 0.05) is 22.1 Å². The van der Waals surface area contributed by atoms with E-state index < -0.39 is 12.0 Å². The molecule has 0 radical (unpaired) electrons. The average molecular weight is 443 g/mol. The summed E-state index contributed by atoms with van der Waals surface area (Å²) in [6.45, 7) is 0.501. The van der Waals surface area contributed by atoms with E-state index in [1.54, 1.807) is 0 Å². The molecule has 3 aromatic rings. The zero-order valence-corrected chi connectivity index (χ0v) is 18.0. The van der Waals surface area contributed by atoms with Crippen LogP contribution in [-0.4, -0.2) is 43.6 Å². The van der Waals surface area contributed by atoms with E-state index in [0.717, 1.165) is 44.8 Å². The number of carboxylic acids is 1. The smallest absolute Gasteiger partial charge is 0.320 e. The number of H-pyrrole nitrogens is 2. The van der Waals surface area contributed by atoms with Crippen molar-refractivity contribution in [2.45, 2.75) is 18.9 Å². The van der Waals surface area contributed by atoms with Gasteiger partial charge >= 0.3 is 5.97 Å². The van der Waals surface area contributed by atoms with Crippen molar-refractivity contribution >= 4 is 52.3 Å². The van der Waals surface area contributed by atoms with Gasteiger partial charge in [0.05, 0.1) is 22.8 Å². The molecule has 0 aliphatic carbocycles. The number of nitrogens with zero attached hydrogens (tertiary/aromatic N) is 2. The molecule has 8 heteroatoms. The zero-order chi connectivity index (χ0) is 23.2. The average Bonchev–Trinajstić information content (AvgIpc) is 3.58. The van der Waals surface area contributed by atoms with Crippen LogP contribution in [0.5, 0.6) is 0 Å². The Morgan fingerprint density at radius 3 is 1.64 bits per heavy atom. The zero-order valence-electron chi connectivity index (χ0n) is 18.0. The van der Waals surface area contributed by atoms with Gasteiger partial charge in [0.25, 0.3) is 0 Å². The highest BCUT2D eigenvalue weighted by Gasteiger charge is 2.08. The maximum absolute atomic E-state index is 10.0. The van der Waals surface area contributed by atoms with Gasteiger partial charge in [-0.05, 0) is 92.2 Å². The molecule has 5 rings (SSSR count). The number of nitrogens with one attached hydrogen (secondary N) is 2. The number of carbonyl (C=O) groups is 1. The van der Waals surface area contributed by atoms with Crippen molar-refractivity contribution < 1.29 is 9.90 Å². The Morgan fingerprint density at radius 1 is 0.788 bits per heavy atom. The van der Waals surface area contributed by atoms with E-state index in [0.29, 0.717) is 19.4 Å². The predicted molar refractivity (Wildman–Crippen MR) is 133 cm³/mol. The number of aromatic amines is 2. The van der Waals surface area contributed by atoms with E-state index in [-0.39, 0.29) is 0 Å². The third-order valence-corrected chi connectivity index (χ3v) is 5.08. The summed E-state index contributed by atoms with van der Waals surface area (Å²) in [4.78, 5) is 26.1. The van der Waals surface area contributed by atoms with Gasteiger partial charge in [0.2, 0.25) is 0 Å². The number of fused-ring (bicyclic) bond motifs is 8. The number of rotatable bonds is 4. The van der Waals surface area contributed by atoms with Crippen molar-refractivity contribution in [3.05, 3.63) is 71.3 Å². The molecule has 168 valence electrons. The molecule has 5 heterocycles. The van der Waals surface area contributed by atoms with E-state index >= 15 is 0 Å². The van der Waals surface area contributed by atoms with Crippen LogP contribution in [0.3, 0.4) is 0 Å². The first-order valence-electron chi connectivity index (χ1n) is 10.7. The third-order valence-electron chi connectivity index (χ3n) is 5.08. The Kier molecular flexibility index (Phi) is 6.77. The van der Waals surface area contributed by atoms with Crippen LogP contribution in [0.15, 0.2) is 48.5 Å². The molecule has 0 saturated carbocycles. The quantitative estimate of drug-likeness (QED) is 0.286. The second kappa shape index (κ2) is 10.1. The molecule has 8 bridgehead atoms. The van der Waals surface area contributed by atoms with Crippen LogP contribution in [0.25, 0.3) is 46.4 Å². The molecule has 2 aliphatic rings. The van der Waals surface area contributed by atoms with Crippen molar-refractivity contribution in [3.63, 3.8) is 0 Å². The molecule has 0 amide bonds. The van der Waals surface area contributed by atoms with Gasteiger partial charge in [-0.15, -0.1) is 0 Å². The highest BCUT2D eigenvalue weighted by atomic mass is 16.4. The molecular weight excluding hydrogens is 416 g/mol. The second-order valence-corrected chi connectivity index (χ2v) is 7.78. The molecule has 3 aromatic heterocycles. The fraction of sp³-hybridized carbons (Fsp3) is 0.160. The summed E-state index contributed by atoms with van der Waals surface area (Å²) in [7, 11) is 0. The van der Waals surface area contributed by atoms with E-state index in [9.17, 15) is 4.79 Å². The lowest BCUT2D eigenvalue weighted by Crippen LogP contribution is -2.30. The molecule has 33 heavy (non-hydrogen) atoms. The Labute approximate surface area is 190 Å². The molecule has 2 aliphatic heterocycles. The molecule has 7 N–H and O–H groups in total. The summed E-state index contributed by atoms with van der Waals surface area (Å²) >= 11 is 0. The first kappa shape index (κ1) is 22.2. The normalized spacial score (nSPS) is 12.8. The summed E-state index contributed by atoms with van der Waals surface area (Å²) in [5.74, 6) is -0.955. The first-order valence-corrected chi connectivity index (χ1v) is 10.7. The number of nitrogens with two attached hydrogens (primary N) is 2. The summed E-state index contributed by atoms with van der Waals surface area (Å²) in [6.07, 6.45) is 9.19. The van der Waals surface area contributed by atoms with Crippen LogP contribution in [0.4, 0.5) is 0 Å². The van der Waals surface area contributed by atoms with Crippen molar-refractivity contribution in [1.29, 1.82) is 0 Å². The standard InChI is InChI=1S/C20H14N4.C5H12N2O2/c1-2-14-10-16-5-6-18(23-16)12-20-8-7-19(24-20)11-17-4-3-15(22-17)9-13(1)21-14;6-3-1-2-4(7)5(8)9/h1-12,21-22H;4H,1-3,6-7H2,(H,8,9). The van der Waals surface area contributed by atoms with Crippen LogP contribution in [0, 0.1) is 0 Å². The second-order valence-electron chi connectivity index (χ2n) is 7.78. The molecule has 1 unspecified atom stereocenters. The van der Waals surface area contributed by atoms with Crippen LogP contribution in [-0.2, 0) is 4.79 Å². The Bertz CT molecular complexity index is 1280. The maximum atomic E-state index is 10.0. The Hall–Kier alpha value is -4.01. The van der Waals surface area contributed by atoms with Crippen molar-refractivity contribution in [2.24, 2.45) is 11.5 Å².